The average molecular weight is 809 g/mol. The van der Waals surface area contributed by atoms with Crippen LogP contribution in [0.5, 0.6) is 0 Å². The van der Waals surface area contributed by atoms with E-state index in [1.165, 1.54) is 131 Å². The number of nitrogens with zero attached hydrogens (tertiary/aromatic N) is 4. The number of hydrogen-bond donors (Lipinski definition) is 0. The lowest BCUT2D eigenvalue weighted by Gasteiger charge is -2.08. The highest BCUT2D eigenvalue weighted by atomic mass is 14.8. The van der Waals surface area contributed by atoms with Crippen LogP contribution in [0.4, 0.5) is 22.7 Å². The van der Waals surface area contributed by atoms with E-state index in [9.17, 15) is 0 Å². The van der Waals surface area contributed by atoms with Gasteiger partial charge in [-0.05, 0) is 186 Å². The third-order valence-electron chi connectivity index (χ3n) is 15.5. The van der Waals surface area contributed by atoms with Crippen molar-refractivity contribution in [1.29, 1.82) is 0 Å². The van der Waals surface area contributed by atoms with Crippen LogP contribution in [0.3, 0.4) is 0 Å². The third kappa shape index (κ3) is 3.93. The fourth-order valence-electron chi connectivity index (χ4n) is 13.0. The minimum Gasteiger partial charge on any atom is -0.249 e. The van der Waals surface area contributed by atoms with Gasteiger partial charge in [0.1, 0.15) is 0 Å². The summed E-state index contributed by atoms with van der Waals surface area (Å²) < 4.78 is 0. The molecule has 0 amide bonds. The maximum absolute atomic E-state index is 5.34. The van der Waals surface area contributed by atoms with E-state index in [2.05, 4.69) is 121 Å². The second kappa shape index (κ2) is 11.1. The molecule has 12 aromatic rings. The molecule has 5 aliphatic rings. The summed E-state index contributed by atoms with van der Waals surface area (Å²) in [6.07, 6.45) is 12.2. The minimum absolute atomic E-state index is 0.884. The van der Waals surface area contributed by atoms with Crippen molar-refractivity contribution in [2.75, 3.05) is 0 Å². The van der Waals surface area contributed by atoms with Gasteiger partial charge in [0.15, 0.2) is 0 Å². The fraction of sp³-hybridized carbons (Fsp3) is 0.0667. The first-order valence-corrected chi connectivity index (χ1v) is 22.5. The second-order valence-electron chi connectivity index (χ2n) is 18.8. The molecule has 0 saturated carbocycles. The zero-order chi connectivity index (χ0) is 41.1. The molecule has 0 unspecified atom stereocenters. The highest BCUT2D eigenvalue weighted by molar-refractivity contribution is 6.40. The molecule has 0 spiro atoms. The molecule has 17 rings (SSSR count). The lowest BCUT2D eigenvalue weighted by molar-refractivity contribution is 1.24. The van der Waals surface area contributed by atoms with Crippen LogP contribution >= 0.6 is 0 Å². The predicted molar refractivity (Wildman–Crippen MR) is 265 cm³/mol. The van der Waals surface area contributed by atoms with Gasteiger partial charge >= 0.3 is 0 Å². The molecule has 0 saturated heterocycles. The van der Waals surface area contributed by atoms with Crippen molar-refractivity contribution in [1.82, 2.24) is 0 Å². The van der Waals surface area contributed by atoms with E-state index in [1.54, 1.807) is 0 Å². The minimum atomic E-state index is 0.884. The fourth-order valence-corrected chi connectivity index (χ4v) is 13.0. The summed E-state index contributed by atoms with van der Waals surface area (Å²) in [7, 11) is 0. The summed E-state index contributed by atoms with van der Waals surface area (Å²) in [6, 6.07) is 44.8. The molecule has 4 heteroatoms. The van der Waals surface area contributed by atoms with Gasteiger partial charge in [0.05, 0.1) is 44.9 Å². The molecule has 0 fully saturated rings. The van der Waals surface area contributed by atoms with E-state index in [-0.39, 0.29) is 0 Å². The Morgan fingerprint density at radius 3 is 0.703 bits per heavy atom. The van der Waals surface area contributed by atoms with Gasteiger partial charge < -0.3 is 0 Å². The average Bonchev–Trinajstić information content (AvgIpc) is 4.17. The monoisotopic (exact) mass is 808 g/mol. The highest BCUT2D eigenvalue weighted by Crippen LogP contribution is 2.53. The molecule has 0 radical (unpaired) electrons. The molecule has 0 atom stereocenters. The summed E-state index contributed by atoms with van der Waals surface area (Å²) in [4.78, 5) is 20.6. The van der Waals surface area contributed by atoms with E-state index in [1.807, 2.05) is 24.3 Å². The van der Waals surface area contributed by atoms with E-state index < -0.39 is 0 Å². The molecular weight excluding hydrogens is 777 g/mol. The number of benzene rings is 10. The Kier molecular flexibility index (Phi) is 5.66. The molecule has 0 aromatic heterocycles. The number of aliphatic imine (C=N–C) groups is 2. The van der Waals surface area contributed by atoms with Gasteiger partial charge in [-0.2, -0.15) is 0 Å². The first-order chi connectivity index (χ1) is 31.7. The van der Waals surface area contributed by atoms with Crippen LogP contribution in [0, 0.1) is 0 Å². The lowest BCUT2D eigenvalue weighted by Crippen LogP contribution is -1.99. The number of allylic oxidation sites excluding steroid dienone is 4. The van der Waals surface area contributed by atoms with Crippen LogP contribution in [-0.2, 0) is 25.7 Å². The first kappa shape index (κ1) is 32.6. The molecule has 0 aliphatic heterocycles. The van der Waals surface area contributed by atoms with Gasteiger partial charge in [-0.25, -0.2) is 20.0 Å². The van der Waals surface area contributed by atoms with Crippen molar-refractivity contribution < 1.29 is 0 Å². The zero-order valence-electron chi connectivity index (χ0n) is 34.5. The van der Waals surface area contributed by atoms with Gasteiger partial charge in [-0.3, -0.25) is 0 Å². The van der Waals surface area contributed by atoms with Gasteiger partial charge in [0.2, 0.25) is 0 Å². The van der Waals surface area contributed by atoms with Crippen molar-refractivity contribution in [2.45, 2.75) is 25.7 Å². The molecule has 64 heavy (non-hydrogen) atoms. The van der Waals surface area contributed by atoms with Crippen LogP contribution in [0.2, 0.25) is 0 Å². The van der Waals surface area contributed by atoms with Gasteiger partial charge in [0, 0.05) is 43.1 Å². The Balaban J connectivity index is 0.671. The number of rotatable bonds is 4. The smallest absolute Gasteiger partial charge is 0.0794 e. The topological polar surface area (TPSA) is 49.4 Å². The van der Waals surface area contributed by atoms with Crippen LogP contribution in [0.25, 0.3) is 86.2 Å². The molecule has 5 aliphatic carbocycles. The van der Waals surface area contributed by atoms with Crippen molar-refractivity contribution in [3.8, 4) is 0 Å². The quantitative estimate of drug-likeness (QED) is 0.126. The lowest BCUT2D eigenvalue weighted by atomic mass is 9.95. The molecule has 0 N–H and O–H groups in total. The Hall–Kier alpha value is -8.08. The number of hydrogen-bond acceptors (Lipinski definition) is 4. The highest BCUT2D eigenvalue weighted by Gasteiger charge is 2.32. The SMILES string of the molecule is C1=CC(=Nc2ccc(N=c3c4ccc5c6c7c(ccc8c7c7c(ccc3c7c46)C8)C5)cc2)C=CC1=Nc1ccc(N=c2c3ccc4c5c6c(ccc7c6c6c(ccc2c6c35)C7)C4)cc1. The summed E-state index contributed by atoms with van der Waals surface area (Å²) in [5.41, 5.74) is 17.1. The third-order valence-corrected chi connectivity index (χ3v) is 15.5. The van der Waals surface area contributed by atoms with Crippen molar-refractivity contribution in [2.24, 2.45) is 20.0 Å². The Morgan fingerprint density at radius 2 is 0.438 bits per heavy atom. The van der Waals surface area contributed by atoms with Crippen LogP contribution in [0.1, 0.15) is 44.5 Å². The molecule has 12 aromatic carbocycles. The van der Waals surface area contributed by atoms with Crippen molar-refractivity contribution >= 4 is 120 Å². The zero-order valence-corrected chi connectivity index (χ0v) is 34.5. The predicted octanol–water partition coefficient (Wildman–Crippen LogP) is 13.7. The first-order valence-electron chi connectivity index (χ1n) is 22.5. The van der Waals surface area contributed by atoms with E-state index >= 15 is 0 Å². The summed E-state index contributed by atoms with van der Waals surface area (Å²) >= 11 is 0. The second-order valence-corrected chi connectivity index (χ2v) is 18.8. The Labute approximate surface area is 365 Å². The summed E-state index contributed by atoms with van der Waals surface area (Å²) in [5, 5.41) is 24.6. The maximum atomic E-state index is 5.34. The molecule has 0 heterocycles. The van der Waals surface area contributed by atoms with E-state index in [4.69, 9.17) is 20.0 Å². The normalized spacial score (nSPS) is 15.1. The van der Waals surface area contributed by atoms with Gasteiger partial charge in [-0.1, -0.05) is 72.8 Å². The molecule has 4 nitrogen and oxygen atoms in total. The Morgan fingerprint density at radius 1 is 0.219 bits per heavy atom. The molecule has 0 bridgehead atoms. The van der Waals surface area contributed by atoms with Gasteiger partial charge in [-0.15, -0.1) is 0 Å². The largest absolute Gasteiger partial charge is 0.249 e. The summed E-state index contributed by atoms with van der Waals surface area (Å²) in [5.74, 6) is 0. The van der Waals surface area contributed by atoms with Crippen molar-refractivity contribution in [3.05, 3.63) is 201 Å². The van der Waals surface area contributed by atoms with Gasteiger partial charge in [0.25, 0.3) is 0 Å². The van der Waals surface area contributed by atoms with Crippen LogP contribution < -0.4 is 10.7 Å². The standard InChI is InChI=1S/C60H32N4/c1-2-30-26-34-6-22-44-56-52(34)48(30)47-29(1)25-33-5-21-43(55(56)51(33)47)59(44)63-41-17-13-39(14-18-41)61-37-9-11-38(12-10-37)62-40-15-19-42(20-16-40)64-60-45-23-7-35-27-31-3-4-32-28-36-8-24-46(60)58-54(36)50(32)49(31)53(35)57(45)58/h1-24H,25-28H2. The molecule has 292 valence electrons. The Bertz CT molecular complexity index is 3970. The van der Waals surface area contributed by atoms with E-state index in [0.29, 0.717) is 0 Å². The van der Waals surface area contributed by atoms with Crippen LogP contribution in [0.15, 0.2) is 166 Å². The van der Waals surface area contributed by atoms with Crippen LogP contribution in [-0.4, -0.2) is 11.4 Å². The molecular formula is C60H32N4. The summed E-state index contributed by atoms with van der Waals surface area (Å²) in [6.45, 7) is 0. The van der Waals surface area contributed by atoms with E-state index in [0.717, 1.165) is 70.6 Å². The van der Waals surface area contributed by atoms with Crippen molar-refractivity contribution in [3.63, 3.8) is 0 Å². The maximum Gasteiger partial charge on any atom is 0.0794 e.